The van der Waals surface area contributed by atoms with Gasteiger partial charge >= 0.3 is 0 Å². The fourth-order valence-corrected chi connectivity index (χ4v) is 0.475. The molecule has 0 saturated carbocycles. The van der Waals surface area contributed by atoms with Crippen molar-refractivity contribution in [3.63, 3.8) is 0 Å². The molecule has 10 heteroatoms. The van der Waals surface area contributed by atoms with Crippen molar-refractivity contribution in [1.82, 2.24) is 0 Å². The Morgan fingerprint density at radius 1 is 0.833 bits per heavy atom. The van der Waals surface area contributed by atoms with Crippen LogP contribution in [0.4, 0.5) is 0 Å². The Morgan fingerprint density at radius 3 is 1.11 bits per heavy atom. The van der Waals surface area contributed by atoms with Gasteiger partial charge in [-0.1, -0.05) is 0 Å². The lowest BCUT2D eigenvalue weighted by molar-refractivity contribution is 0.203. The second kappa shape index (κ2) is 16.9. The maximum Gasteiger partial charge on any atom is 0.185 e. The number of aliphatic hydroxyl groups excluding tert-OH is 2. The van der Waals surface area contributed by atoms with Crippen LogP contribution in [-0.4, -0.2) is 47.4 Å². The van der Waals surface area contributed by atoms with Crippen LogP contribution in [0.15, 0.2) is 9.98 Å². The van der Waals surface area contributed by atoms with Gasteiger partial charge in [-0.15, -0.1) is 48.0 Å². The molecule has 0 saturated heterocycles. The van der Waals surface area contributed by atoms with Gasteiger partial charge in [0.05, 0.1) is 25.3 Å². The summed E-state index contributed by atoms with van der Waals surface area (Å²) >= 11 is 0. The molecule has 0 aliphatic carbocycles. The molecule has 18 heavy (non-hydrogen) atoms. The standard InChI is InChI=1S/2C4H11N3O.2HI/c2*1-3(8)2-7-4(5)6;;/h2*3,8H,2H2,1H3,(H4,5,6,7);2*1H. The van der Waals surface area contributed by atoms with Gasteiger partial charge in [-0.3, -0.25) is 9.98 Å². The molecule has 10 N–H and O–H groups in total. The summed E-state index contributed by atoms with van der Waals surface area (Å²) in [5.74, 6) is 0.0387. The zero-order valence-electron chi connectivity index (χ0n) is 10.5. The van der Waals surface area contributed by atoms with Crippen LogP contribution in [0.3, 0.4) is 0 Å². The summed E-state index contributed by atoms with van der Waals surface area (Å²) < 4.78 is 0. The molecule has 0 amide bonds. The Labute approximate surface area is 141 Å². The van der Waals surface area contributed by atoms with Crippen molar-refractivity contribution in [1.29, 1.82) is 0 Å². The minimum atomic E-state index is -0.461. The lowest BCUT2D eigenvalue weighted by atomic mass is 10.4. The van der Waals surface area contributed by atoms with Crippen LogP contribution in [0.1, 0.15) is 13.8 Å². The van der Waals surface area contributed by atoms with Crippen molar-refractivity contribution in [3.05, 3.63) is 0 Å². The van der Waals surface area contributed by atoms with Gasteiger partial charge in [0.15, 0.2) is 11.9 Å². The van der Waals surface area contributed by atoms with Crippen molar-refractivity contribution in [3.8, 4) is 0 Å². The summed E-state index contributed by atoms with van der Waals surface area (Å²) in [4.78, 5) is 7.09. The minimum Gasteiger partial charge on any atom is -0.391 e. The summed E-state index contributed by atoms with van der Waals surface area (Å²) in [6.45, 7) is 3.80. The molecule has 0 aromatic heterocycles. The number of guanidine groups is 2. The number of hydrogen-bond donors (Lipinski definition) is 6. The van der Waals surface area contributed by atoms with E-state index < -0.39 is 12.2 Å². The van der Waals surface area contributed by atoms with Crippen molar-refractivity contribution >= 4 is 59.9 Å². The Balaban J connectivity index is -0.0000000980. The summed E-state index contributed by atoms with van der Waals surface area (Å²) in [5, 5.41) is 17.2. The molecule has 0 aromatic rings. The Kier molecular flexibility index (Phi) is 24.9. The van der Waals surface area contributed by atoms with Crippen LogP contribution in [-0.2, 0) is 0 Å². The van der Waals surface area contributed by atoms with E-state index >= 15 is 0 Å². The number of halogens is 2. The quantitative estimate of drug-likeness (QED) is 0.160. The monoisotopic (exact) mass is 490 g/mol. The van der Waals surface area contributed by atoms with Crippen molar-refractivity contribution in [2.45, 2.75) is 26.1 Å². The number of aliphatic hydroxyl groups is 2. The third kappa shape index (κ3) is 36.0. The maximum absolute atomic E-state index is 8.58. The highest BCUT2D eigenvalue weighted by Crippen LogP contribution is 1.78. The SMILES string of the molecule is CC(O)CN=C(N)N.CC(O)CN=C(N)N.I.I. The van der Waals surface area contributed by atoms with Gasteiger partial charge in [0.25, 0.3) is 0 Å². The first-order valence-electron chi connectivity index (χ1n) is 4.72. The first-order valence-corrected chi connectivity index (χ1v) is 4.72. The molecule has 112 valence electrons. The molecular weight excluding hydrogens is 466 g/mol. The van der Waals surface area contributed by atoms with Crippen LogP contribution in [0.5, 0.6) is 0 Å². The van der Waals surface area contributed by atoms with E-state index in [0.29, 0.717) is 0 Å². The van der Waals surface area contributed by atoms with E-state index in [1.165, 1.54) is 0 Å². The number of nitrogens with two attached hydrogens (primary N) is 4. The van der Waals surface area contributed by atoms with E-state index in [-0.39, 0.29) is 73.0 Å². The van der Waals surface area contributed by atoms with Gasteiger partial charge in [-0.05, 0) is 13.8 Å². The van der Waals surface area contributed by atoms with Gasteiger partial charge < -0.3 is 33.1 Å². The van der Waals surface area contributed by atoms with Crippen LogP contribution >= 0.6 is 48.0 Å². The van der Waals surface area contributed by atoms with Crippen LogP contribution in [0.25, 0.3) is 0 Å². The molecule has 0 bridgehead atoms. The second-order valence-corrected chi connectivity index (χ2v) is 3.23. The van der Waals surface area contributed by atoms with Gasteiger partial charge in [-0.2, -0.15) is 0 Å². The van der Waals surface area contributed by atoms with E-state index in [9.17, 15) is 0 Å². The predicted octanol–water partition coefficient (Wildman–Crippen LogP) is -1.48. The highest BCUT2D eigenvalue weighted by Gasteiger charge is 1.90. The van der Waals surface area contributed by atoms with Gasteiger partial charge in [0, 0.05) is 0 Å². The summed E-state index contributed by atoms with van der Waals surface area (Å²) in [7, 11) is 0. The van der Waals surface area contributed by atoms with Gasteiger partial charge in [-0.25, -0.2) is 0 Å². The topological polar surface area (TPSA) is 169 Å². The largest absolute Gasteiger partial charge is 0.391 e. The third-order valence-corrected chi connectivity index (χ3v) is 1.08. The third-order valence-electron chi connectivity index (χ3n) is 1.08. The molecule has 0 aromatic carbocycles. The fraction of sp³-hybridized carbons (Fsp3) is 0.750. The molecule has 0 aliphatic rings. The summed E-state index contributed by atoms with van der Waals surface area (Å²) in [6.07, 6.45) is -0.922. The average Bonchev–Trinajstić information content (AvgIpc) is 2.12. The van der Waals surface area contributed by atoms with E-state index in [2.05, 4.69) is 9.98 Å². The molecular formula is C8H24I2N6O2. The smallest absolute Gasteiger partial charge is 0.185 e. The Hall–Kier alpha value is -0.0800. The minimum absolute atomic E-state index is 0. The summed E-state index contributed by atoms with van der Waals surface area (Å²) in [5.41, 5.74) is 19.8. The van der Waals surface area contributed by atoms with Gasteiger partial charge in [0.2, 0.25) is 0 Å². The molecule has 2 unspecified atom stereocenters. The number of nitrogens with zero attached hydrogens (tertiary/aromatic N) is 2. The highest BCUT2D eigenvalue weighted by atomic mass is 127. The maximum atomic E-state index is 8.58. The lowest BCUT2D eigenvalue weighted by Crippen LogP contribution is -2.24. The predicted molar refractivity (Wildman–Crippen MR) is 95.5 cm³/mol. The first-order chi connectivity index (χ1) is 7.25. The number of aliphatic imine (C=N–C) groups is 2. The molecule has 2 atom stereocenters. The molecule has 0 fully saturated rings. The Bertz CT molecular complexity index is 204. The van der Waals surface area contributed by atoms with Crippen molar-refractivity contribution in [2.75, 3.05) is 13.1 Å². The molecule has 0 aliphatic heterocycles. The normalized spacial score (nSPS) is 11.3. The number of hydrogen-bond acceptors (Lipinski definition) is 4. The zero-order chi connectivity index (χ0) is 13.1. The molecule has 0 spiro atoms. The van der Waals surface area contributed by atoms with Crippen LogP contribution in [0, 0.1) is 0 Å². The van der Waals surface area contributed by atoms with E-state index in [4.69, 9.17) is 33.1 Å². The molecule has 0 radical (unpaired) electrons. The highest BCUT2D eigenvalue weighted by molar-refractivity contribution is 14.0. The van der Waals surface area contributed by atoms with E-state index in [0.717, 1.165) is 0 Å². The first kappa shape index (κ1) is 26.5. The van der Waals surface area contributed by atoms with E-state index in [1.54, 1.807) is 13.8 Å². The molecule has 0 heterocycles. The molecule has 0 rings (SSSR count). The van der Waals surface area contributed by atoms with Crippen LogP contribution in [0.2, 0.25) is 0 Å². The van der Waals surface area contributed by atoms with Crippen molar-refractivity contribution in [2.24, 2.45) is 32.9 Å². The molecule has 8 nitrogen and oxygen atoms in total. The van der Waals surface area contributed by atoms with Crippen LogP contribution < -0.4 is 22.9 Å². The fourth-order valence-electron chi connectivity index (χ4n) is 0.475. The van der Waals surface area contributed by atoms with Crippen molar-refractivity contribution < 1.29 is 10.2 Å². The Morgan fingerprint density at radius 2 is 1.06 bits per heavy atom. The van der Waals surface area contributed by atoms with Gasteiger partial charge in [0.1, 0.15) is 0 Å². The lowest BCUT2D eigenvalue weighted by Gasteiger charge is -1.96. The zero-order valence-corrected chi connectivity index (χ0v) is 15.1. The second-order valence-electron chi connectivity index (χ2n) is 3.23. The average molecular weight is 490 g/mol. The number of rotatable bonds is 4. The summed E-state index contributed by atoms with van der Waals surface area (Å²) in [6, 6.07) is 0. The van der Waals surface area contributed by atoms with E-state index in [1.807, 2.05) is 0 Å².